The molecule has 0 heterocycles. The first-order valence-corrected chi connectivity index (χ1v) is 4.66. The van der Waals surface area contributed by atoms with Gasteiger partial charge < -0.3 is 9.84 Å². The second-order valence-electron chi connectivity index (χ2n) is 3.66. The summed E-state index contributed by atoms with van der Waals surface area (Å²) in [6.07, 6.45) is -0.816. The van der Waals surface area contributed by atoms with Crippen LogP contribution in [0.1, 0.15) is 12.8 Å². The van der Waals surface area contributed by atoms with Gasteiger partial charge in [-0.15, -0.1) is 0 Å². The van der Waals surface area contributed by atoms with Crippen LogP contribution in [0.15, 0.2) is 6.07 Å². The quantitative estimate of drug-likeness (QED) is 0.629. The smallest absolute Gasteiger partial charge is 0.203 e. The van der Waals surface area contributed by atoms with Crippen LogP contribution in [0, 0.1) is 23.3 Å². The van der Waals surface area contributed by atoms with Gasteiger partial charge in [-0.3, -0.25) is 0 Å². The van der Waals surface area contributed by atoms with Crippen molar-refractivity contribution >= 4 is 0 Å². The summed E-state index contributed by atoms with van der Waals surface area (Å²) < 4.78 is 56.5. The predicted octanol–water partition coefficient (Wildman–Crippen LogP) is 2.15. The molecule has 0 atom stereocenters. The van der Waals surface area contributed by atoms with Gasteiger partial charge in [-0.05, 0) is 0 Å². The van der Waals surface area contributed by atoms with E-state index in [1.807, 2.05) is 0 Å². The molecule has 0 unspecified atom stereocenters. The molecule has 0 bridgehead atoms. The largest absolute Gasteiger partial charge is 0.484 e. The van der Waals surface area contributed by atoms with Crippen molar-refractivity contribution in [1.82, 2.24) is 0 Å². The van der Waals surface area contributed by atoms with Gasteiger partial charge in [-0.25, -0.2) is 8.78 Å². The van der Waals surface area contributed by atoms with Crippen molar-refractivity contribution in [3.8, 4) is 5.75 Å². The van der Waals surface area contributed by atoms with Gasteiger partial charge in [0.05, 0.1) is 6.10 Å². The number of rotatable bonds is 2. The van der Waals surface area contributed by atoms with Crippen molar-refractivity contribution in [3.63, 3.8) is 0 Å². The molecule has 0 aromatic heterocycles. The SMILES string of the molecule is OC1CC(Oc2c(F)c(F)cc(F)c2F)C1. The molecule has 1 aromatic carbocycles. The molecule has 0 saturated heterocycles. The maximum Gasteiger partial charge on any atom is 0.203 e. The highest BCUT2D eigenvalue weighted by molar-refractivity contribution is 5.29. The Hall–Kier alpha value is -1.30. The van der Waals surface area contributed by atoms with E-state index in [0.717, 1.165) is 0 Å². The van der Waals surface area contributed by atoms with Crippen LogP contribution in [-0.2, 0) is 0 Å². The lowest BCUT2D eigenvalue weighted by atomic mass is 9.92. The van der Waals surface area contributed by atoms with Gasteiger partial charge in [0.15, 0.2) is 17.4 Å². The Morgan fingerprint density at radius 3 is 2.00 bits per heavy atom. The number of hydrogen-bond acceptors (Lipinski definition) is 2. The molecule has 1 saturated carbocycles. The van der Waals surface area contributed by atoms with Crippen LogP contribution in [0.3, 0.4) is 0 Å². The summed E-state index contributed by atoms with van der Waals surface area (Å²) in [6.45, 7) is 0. The third kappa shape index (κ3) is 1.84. The van der Waals surface area contributed by atoms with Crippen LogP contribution in [0.5, 0.6) is 5.75 Å². The number of ether oxygens (including phenoxy) is 1. The van der Waals surface area contributed by atoms with E-state index in [9.17, 15) is 17.6 Å². The zero-order valence-electron chi connectivity index (χ0n) is 8.01. The summed E-state index contributed by atoms with van der Waals surface area (Å²) in [5, 5.41) is 8.93. The van der Waals surface area contributed by atoms with Crippen molar-refractivity contribution in [2.45, 2.75) is 25.0 Å². The first-order chi connectivity index (χ1) is 7.49. The monoisotopic (exact) mass is 236 g/mol. The zero-order chi connectivity index (χ0) is 11.9. The lowest BCUT2D eigenvalue weighted by molar-refractivity contribution is -0.0148. The fourth-order valence-corrected chi connectivity index (χ4v) is 1.46. The molecule has 2 nitrogen and oxygen atoms in total. The van der Waals surface area contributed by atoms with E-state index in [4.69, 9.17) is 9.84 Å². The molecular formula is C10H8F4O2. The minimum atomic E-state index is -1.56. The molecule has 0 aliphatic heterocycles. The van der Waals surface area contributed by atoms with Crippen LogP contribution in [0.2, 0.25) is 0 Å². The van der Waals surface area contributed by atoms with Gasteiger partial charge in [-0.2, -0.15) is 8.78 Å². The Kier molecular flexibility index (Phi) is 2.75. The molecule has 1 aromatic rings. The lowest BCUT2D eigenvalue weighted by Crippen LogP contribution is -2.38. The topological polar surface area (TPSA) is 29.5 Å². The average molecular weight is 236 g/mol. The first kappa shape index (κ1) is 11.2. The van der Waals surface area contributed by atoms with Crippen molar-refractivity contribution in [2.75, 3.05) is 0 Å². The van der Waals surface area contributed by atoms with E-state index < -0.39 is 41.2 Å². The molecule has 6 heteroatoms. The van der Waals surface area contributed by atoms with Crippen LogP contribution < -0.4 is 4.74 Å². The molecule has 1 aliphatic rings. The van der Waals surface area contributed by atoms with Crippen LogP contribution >= 0.6 is 0 Å². The van der Waals surface area contributed by atoms with E-state index in [2.05, 4.69) is 0 Å². The summed E-state index contributed by atoms with van der Waals surface area (Å²) >= 11 is 0. The third-order valence-electron chi connectivity index (χ3n) is 2.43. The Bertz CT molecular complexity index is 390. The second-order valence-corrected chi connectivity index (χ2v) is 3.66. The normalized spacial score (nSPS) is 24.1. The fraction of sp³-hybridized carbons (Fsp3) is 0.400. The van der Waals surface area contributed by atoms with Crippen molar-refractivity contribution in [1.29, 1.82) is 0 Å². The van der Waals surface area contributed by atoms with Crippen molar-refractivity contribution in [3.05, 3.63) is 29.3 Å². The van der Waals surface area contributed by atoms with Gasteiger partial charge in [-0.1, -0.05) is 0 Å². The van der Waals surface area contributed by atoms with Gasteiger partial charge in [0, 0.05) is 18.9 Å². The number of hydrogen-bond donors (Lipinski definition) is 1. The average Bonchev–Trinajstić information content (AvgIpc) is 2.18. The highest BCUT2D eigenvalue weighted by Gasteiger charge is 2.32. The van der Waals surface area contributed by atoms with E-state index in [1.54, 1.807) is 0 Å². The Labute approximate surface area is 88.5 Å². The van der Waals surface area contributed by atoms with Gasteiger partial charge >= 0.3 is 0 Å². The van der Waals surface area contributed by atoms with E-state index in [0.29, 0.717) is 0 Å². The van der Waals surface area contributed by atoms with Crippen LogP contribution in [0.4, 0.5) is 17.6 Å². The summed E-state index contributed by atoms with van der Waals surface area (Å²) in [5.74, 6) is -7.18. The maximum atomic E-state index is 13.1. The summed E-state index contributed by atoms with van der Waals surface area (Å²) in [4.78, 5) is 0. The fourth-order valence-electron chi connectivity index (χ4n) is 1.46. The number of aliphatic hydroxyl groups excluding tert-OH is 1. The molecule has 2 rings (SSSR count). The molecule has 88 valence electrons. The first-order valence-electron chi connectivity index (χ1n) is 4.66. The molecule has 0 radical (unpaired) electrons. The van der Waals surface area contributed by atoms with Crippen molar-refractivity contribution < 1.29 is 27.4 Å². The van der Waals surface area contributed by atoms with E-state index in [1.165, 1.54) is 0 Å². The van der Waals surface area contributed by atoms with Gasteiger partial charge in [0.25, 0.3) is 0 Å². The van der Waals surface area contributed by atoms with E-state index >= 15 is 0 Å². The van der Waals surface area contributed by atoms with E-state index in [-0.39, 0.29) is 18.9 Å². The highest BCUT2D eigenvalue weighted by Crippen LogP contribution is 2.31. The number of benzene rings is 1. The summed E-state index contributed by atoms with van der Waals surface area (Å²) in [7, 11) is 0. The lowest BCUT2D eigenvalue weighted by Gasteiger charge is -2.31. The Morgan fingerprint density at radius 2 is 1.56 bits per heavy atom. The Morgan fingerprint density at radius 1 is 1.06 bits per heavy atom. The molecular weight excluding hydrogens is 228 g/mol. The summed E-state index contributed by atoms with van der Waals surface area (Å²) in [6, 6.07) is 0.118. The van der Waals surface area contributed by atoms with Crippen LogP contribution in [0.25, 0.3) is 0 Å². The van der Waals surface area contributed by atoms with Gasteiger partial charge in [0.1, 0.15) is 6.10 Å². The Balaban J connectivity index is 2.25. The third-order valence-corrected chi connectivity index (χ3v) is 2.43. The van der Waals surface area contributed by atoms with Gasteiger partial charge in [0.2, 0.25) is 11.6 Å². The molecule has 16 heavy (non-hydrogen) atoms. The predicted molar refractivity (Wildman–Crippen MR) is 45.9 cm³/mol. The standard InChI is InChI=1S/C10H8F4O2/c11-6-3-7(12)9(14)10(8(6)13)16-5-1-4(15)2-5/h3-5,15H,1-2H2. The van der Waals surface area contributed by atoms with Crippen molar-refractivity contribution in [2.24, 2.45) is 0 Å². The molecule has 0 amide bonds. The number of aliphatic hydroxyl groups is 1. The number of halogens is 4. The summed E-state index contributed by atoms with van der Waals surface area (Å²) in [5.41, 5.74) is 0. The minimum Gasteiger partial charge on any atom is -0.484 e. The van der Waals surface area contributed by atoms with Crippen LogP contribution in [-0.4, -0.2) is 17.3 Å². The minimum absolute atomic E-state index is 0.118. The second kappa shape index (κ2) is 3.93. The molecule has 1 aliphatic carbocycles. The molecule has 1 fully saturated rings. The zero-order valence-corrected chi connectivity index (χ0v) is 8.01. The molecule has 1 N–H and O–H groups in total. The highest BCUT2D eigenvalue weighted by atomic mass is 19.2. The maximum absolute atomic E-state index is 13.1. The molecule has 0 spiro atoms.